The van der Waals surface area contributed by atoms with Gasteiger partial charge in [0.05, 0.1) is 6.61 Å². The largest absolute Gasteiger partial charge is 0.450 e. The zero-order valence-electron chi connectivity index (χ0n) is 13.1. The highest BCUT2D eigenvalue weighted by molar-refractivity contribution is 7.98. The van der Waals surface area contributed by atoms with E-state index in [1.54, 1.807) is 11.8 Å². The van der Waals surface area contributed by atoms with E-state index in [0.717, 1.165) is 4.90 Å². The average Bonchev–Trinajstić information content (AvgIpc) is 2.41. The zero-order chi connectivity index (χ0) is 15.9. The maximum atomic E-state index is 12.0. The van der Waals surface area contributed by atoms with E-state index < -0.39 is 6.09 Å². The Morgan fingerprint density at radius 1 is 1.29 bits per heavy atom. The third kappa shape index (κ3) is 7.18. The summed E-state index contributed by atoms with van der Waals surface area (Å²) in [6, 6.07) is 7.56. The number of thioether (sulfide) groups is 1. The van der Waals surface area contributed by atoms with E-state index in [2.05, 4.69) is 5.32 Å². The summed E-state index contributed by atoms with van der Waals surface area (Å²) in [5.41, 5.74) is 0.395. The molecule has 0 aliphatic heterocycles. The smallest absolute Gasteiger partial charge is 0.407 e. The van der Waals surface area contributed by atoms with Crippen molar-refractivity contribution in [3.8, 4) is 0 Å². The monoisotopic (exact) mass is 309 g/mol. The molecule has 0 bridgehead atoms. The van der Waals surface area contributed by atoms with E-state index in [0.29, 0.717) is 18.4 Å². The van der Waals surface area contributed by atoms with E-state index >= 15 is 0 Å². The number of amides is 1. The zero-order valence-corrected chi connectivity index (χ0v) is 13.9. The molecule has 0 unspecified atom stereocenters. The Hall–Kier alpha value is -1.49. The summed E-state index contributed by atoms with van der Waals surface area (Å²) < 4.78 is 5.04. The predicted molar refractivity (Wildman–Crippen MR) is 86.0 cm³/mol. The molecule has 21 heavy (non-hydrogen) atoms. The van der Waals surface area contributed by atoms with Crippen molar-refractivity contribution in [2.75, 3.05) is 12.9 Å². The van der Waals surface area contributed by atoms with Crippen molar-refractivity contribution in [2.45, 2.75) is 44.0 Å². The third-order valence-electron chi connectivity index (χ3n) is 2.65. The molecule has 5 heteroatoms. The number of hydrogen-bond acceptors (Lipinski definition) is 4. The minimum absolute atomic E-state index is 0.0747. The van der Waals surface area contributed by atoms with Crippen LogP contribution in [0.5, 0.6) is 0 Å². The van der Waals surface area contributed by atoms with Gasteiger partial charge in [-0.15, -0.1) is 11.8 Å². The van der Waals surface area contributed by atoms with Crippen molar-refractivity contribution in [2.24, 2.45) is 0 Å². The van der Waals surface area contributed by atoms with Crippen LogP contribution in [0, 0.1) is 0 Å². The van der Waals surface area contributed by atoms with Gasteiger partial charge in [0.25, 0.3) is 0 Å². The molecule has 0 aromatic heterocycles. The van der Waals surface area contributed by atoms with Crippen molar-refractivity contribution in [1.29, 1.82) is 0 Å². The number of rotatable bonds is 6. The number of nitrogens with one attached hydrogen (secondary N) is 1. The summed E-state index contributed by atoms with van der Waals surface area (Å²) in [6.45, 7) is 5.90. The van der Waals surface area contributed by atoms with Gasteiger partial charge in [-0.1, -0.05) is 12.1 Å². The summed E-state index contributed by atoms with van der Waals surface area (Å²) in [5, 5.41) is 2.71. The Labute approximate surface area is 130 Å². The van der Waals surface area contributed by atoms with Crippen molar-refractivity contribution in [3.63, 3.8) is 0 Å². The number of carbonyl (C=O) groups excluding carboxylic acids is 2. The van der Waals surface area contributed by atoms with Crippen molar-refractivity contribution >= 4 is 23.6 Å². The van der Waals surface area contributed by atoms with Gasteiger partial charge in [0.15, 0.2) is 5.78 Å². The summed E-state index contributed by atoms with van der Waals surface area (Å²) in [6.07, 6.45) is 2.44. The van der Waals surface area contributed by atoms with Gasteiger partial charge in [0.1, 0.15) is 0 Å². The molecule has 0 fully saturated rings. The van der Waals surface area contributed by atoms with Crippen LogP contribution in [0.3, 0.4) is 0 Å². The molecular weight excluding hydrogens is 286 g/mol. The second kappa shape index (κ2) is 8.08. The van der Waals surface area contributed by atoms with Gasteiger partial charge in [0.2, 0.25) is 0 Å². The molecule has 1 aromatic rings. The lowest BCUT2D eigenvalue weighted by Gasteiger charge is -2.19. The first-order valence-electron chi connectivity index (χ1n) is 6.94. The Balaban J connectivity index is 2.32. The van der Waals surface area contributed by atoms with Crippen LogP contribution in [-0.4, -0.2) is 30.3 Å². The first-order chi connectivity index (χ1) is 9.81. The molecule has 4 nitrogen and oxygen atoms in total. The molecule has 0 spiro atoms. The van der Waals surface area contributed by atoms with Crippen LogP contribution < -0.4 is 5.32 Å². The van der Waals surface area contributed by atoms with E-state index in [1.165, 1.54) is 0 Å². The molecule has 0 radical (unpaired) electrons. The SMILES string of the molecule is CSc1cccc(C(=O)CCCOC(=O)NC(C)(C)C)c1. The van der Waals surface area contributed by atoms with Gasteiger partial charge >= 0.3 is 6.09 Å². The van der Waals surface area contributed by atoms with Crippen LogP contribution in [0.25, 0.3) is 0 Å². The molecule has 116 valence electrons. The maximum absolute atomic E-state index is 12.0. The summed E-state index contributed by atoms with van der Waals surface area (Å²) in [4.78, 5) is 24.5. The highest BCUT2D eigenvalue weighted by Crippen LogP contribution is 2.17. The van der Waals surface area contributed by atoms with Crippen LogP contribution in [0.15, 0.2) is 29.2 Å². The molecule has 1 amide bonds. The van der Waals surface area contributed by atoms with Crippen LogP contribution in [0.2, 0.25) is 0 Å². The molecule has 1 N–H and O–H groups in total. The van der Waals surface area contributed by atoms with Gasteiger partial charge < -0.3 is 10.1 Å². The molecular formula is C16H23NO3S. The third-order valence-corrected chi connectivity index (χ3v) is 3.38. The van der Waals surface area contributed by atoms with E-state index in [4.69, 9.17) is 4.74 Å². The number of Topliss-reactive ketones (excluding diaryl/α,β-unsaturated/α-hetero) is 1. The van der Waals surface area contributed by atoms with E-state index in [-0.39, 0.29) is 17.9 Å². The first kappa shape index (κ1) is 17.6. The molecule has 1 rings (SSSR count). The Morgan fingerprint density at radius 3 is 2.62 bits per heavy atom. The lowest BCUT2D eigenvalue weighted by molar-refractivity contribution is 0.0956. The quantitative estimate of drug-likeness (QED) is 0.492. The number of alkyl carbamates (subject to hydrolysis) is 1. The Kier molecular flexibility index (Phi) is 6.75. The van der Waals surface area contributed by atoms with Gasteiger partial charge in [-0.25, -0.2) is 4.79 Å². The standard InChI is InChI=1S/C16H23NO3S/c1-16(2,3)17-15(19)20-10-6-9-14(18)12-7-5-8-13(11-12)21-4/h5,7-8,11H,6,9-10H2,1-4H3,(H,17,19). The Bertz CT molecular complexity index is 495. The van der Waals surface area contributed by atoms with Crippen LogP contribution in [-0.2, 0) is 4.74 Å². The van der Waals surface area contributed by atoms with Gasteiger partial charge in [-0.3, -0.25) is 4.79 Å². The van der Waals surface area contributed by atoms with Crippen LogP contribution >= 0.6 is 11.8 Å². The van der Waals surface area contributed by atoms with Gasteiger partial charge in [0, 0.05) is 22.4 Å². The second-order valence-electron chi connectivity index (χ2n) is 5.77. The second-order valence-corrected chi connectivity index (χ2v) is 6.65. The highest BCUT2D eigenvalue weighted by atomic mass is 32.2. The first-order valence-corrected chi connectivity index (χ1v) is 8.16. The van der Waals surface area contributed by atoms with Crippen LogP contribution in [0.1, 0.15) is 44.0 Å². The van der Waals surface area contributed by atoms with E-state index in [1.807, 2.05) is 51.3 Å². The molecule has 0 aliphatic carbocycles. The van der Waals surface area contributed by atoms with Gasteiger partial charge in [-0.05, 0) is 45.6 Å². The number of carbonyl (C=O) groups is 2. The molecule has 0 saturated carbocycles. The molecule has 1 aromatic carbocycles. The highest BCUT2D eigenvalue weighted by Gasteiger charge is 2.14. The molecule has 0 heterocycles. The minimum Gasteiger partial charge on any atom is -0.450 e. The van der Waals surface area contributed by atoms with Crippen molar-refractivity contribution < 1.29 is 14.3 Å². The fraction of sp³-hybridized carbons (Fsp3) is 0.500. The van der Waals surface area contributed by atoms with Crippen LogP contribution in [0.4, 0.5) is 4.79 Å². The summed E-state index contributed by atoms with van der Waals surface area (Å²) >= 11 is 1.61. The van der Waals surface area contributed by atoms with Crippen molar-refractivity contribution in [3.05, 3.63) is 29.8 Å². The number of ether oxygens (including phenoxy) is 1. The summed E-state index contributed by atoms with van der Waals surface area (Å²) in [7, 11) is 0. The maximum Gasteiger partial charge on any atom is 0.407 e. The lowest BCUT2D eigenvalue weighted by atomic mass is 10.1. The minimum atomic E-state index is -0.445. The topological polar surface area (TPSA) is 55.4 Å². The number of ketones is 1. The molecule has 0 atom stereocenters. The van der Waals surface area contributed by atoms with E-state index in [9.17, 15) is 9.59 Å². The fourth-order valence-electron chi connectivity index (χ4n) is 1.68. The summed E-state index contributed by atoms with van der Waals surface area (Å²) in [5.74, 6) is 0.0747. The average molecular weight is 309 g/mol. The molecule has 0 saturated heterocycles. The number of hydrogen-bond donors (Lipinski definition) is 1. The Morgan fingerprint density at radius 2 is 2.00 bits per heavy atom. The predicted octanol–water partition coefficient (Wildman–Crippen LogP) is 3.90. The fourth-order valence-corrected chi connectivity index (χ4v) is 2.14. The molecule has 0 aliphatic rings. The van der Waals surface area contributed by atoms with Gasteiger partial charge in [-0.2, -0.15) is 0 Å². The lowest BCUT2D eigenvalue weighted by Crippen LogP contribution is -2.41. The number of benzene rings is 1. The normalized spacial score (nSPS) is 11.0. The van der Waals surface area contributed by atoms with Crippen molar-refractivity contribution in [1.82, 2.24) is 5.32 Å².